The first-order valence-electron chi connectivity index (χ1n) is 15.7. The zero-order valence-corrected chi connectivity index (χ0v) is 27.7. The first-order chi connectivity index (χ1) is 21.7. The number of hydrogen-bond acceptors (Lipinski definition) is 11. The Kier molecular flexibility index (Phi) is 11.4. The number of benzene rings is 1. The lowest BCUT2D eigenvalue weighted by atomic mass is 9.75. The van der Waals surface area contributed by atoms with Crippen LogP contribution in [0.4, 0.5) is 0 Å². The topological polar surface area (TPSA) is 145 Å². The number of ether oxygens (including phenoxy) is 7. The largest absolute Gasteiger partial charge is 0.462 e. The molecule has 12 nitrogen and oxygen atoms in total. The average molecular weight is 646 g/mol. The summed E-state index contributed by atoms with van der Waals surface area (Å²) < 4.78 is 41.2. The van der Waals surface area contributed by atoms with Gasteiger partial charge in [-0.15, -0.1) is 0 Å². The highest BCUT2D eigenvalue weighted by Crippen LogP contribution is 2.44. The summed E-state index contributed by atoms with van der Waals surface area (Å²) in [4.78, 5) is 51.7. The maximum atomic E-state index is 14.3. The van der Waals surface area contributed by atoms with Crippen molar-refractivity contribution in [3.05, 3.63) is 48.0 Å². The fraction of sp³-hybridized carbons (Fsp3) is 0.647. The molecule has 0 spiro atoms. The Morgan fingerprint density at radius 2 is 1.76 bits per heavy atom. The molecule has 0 aliphatic carbocycles. The average Bonchev–Trinajstić information content (AvgIpc) is 2.99. The van der Waals surface area contributed by atoms with Gasteiger partial charge in [0.1, 0.15) is 25.6 Å². The van der Waals surface area contributed by atoms with Gasteiger partial charge in [0.25, 0.3) is 0 Å². The van der Waals surface area contributed by atoms with Crippen molar-refractivity contribution in [2.75, 3.05) is 20.5 Å². The SMILES string of the molecule is C=C1C[C@](OC)([C@H](C(=O)N[C@H]2OCO[C@@H]3CC(C)(C)[C@@H](C[C@@H](COC(C)=O)OC(C)=O)O[C@@H]32)C(=O)c2ccccc2)O[C@H](C)[C@@H]1C. The summed E-state index contributed by atoms with van der Waals surface area (Å²) in [5, 5.41) is 2.91. The summed E-state index contributed by atoms with van der Waals surface area (Å²) in [6.45, 7) is 14.4. The molecule has 9 atom stereocenters. The van der Waals surface area contributed by atoms with Crippen molar-refractivity contribution >= 4 is 23.6 Å². The molecule has 1 aromatic carbocycles. The van der Waals surface area contributed by atoms with E-state index in [1.54, 1.807) is 30.3 Å². The van der Waals surface area contributed by atoms with Crippen molar-refractivity contribution in [1.29, 1.82) is 0 Å². The van der Waals surface area contributed by atoms with Crippen molar-refractivity contribution in [2.45, 2.75) is 103 Å². The van der Waals surface area contributed by atoms with Crippen LogP contribution in [0.15, 0.2) is 42.5 Å². The fourth-order valence-electron chi connectivity index (χ4n) is 6.46. The van der Waals surface area contributed by atoms with Gasteiger partial charge in [-0.1, -0.05) is 63.3 Å². The van der Waals surface area contributed by atoms with Crippen LogP contribution in [-0.4, -0.2) is 86.7 Å². The second-order valence-corrected chi connectivity index (χ2v) is 13.1. The number of Topliss-reactive ketones (excluding diaryl/α,β-unsaturated/α-hetero) is 1. The molecule has 12 heteroatoms. The third kappa shape index (κ3) is 8.03. The molecule has 3 saturated heterocycles. The number of carbonyl (C=O) groups excluding carboxylic acids is 4. The van der Waals surface area contributed by atoms with Gasteiger partial charge < -0.3 is 38.5 Å². The van der Waals surface area contributed by atoms with E-state index in [1.807, 2.05) is 27.7 Å². The smallest absolute Gasteiger partial charge is 0.303 e. The highest BCUT2D eigenvalue weighted by Gasteiger charge is 2.55. The van der Waals surface area contributed by atoms with E-state index in [1.165, 1.54) is 21.0 Å². The van der Waals surface area contributed by atoms with Gasteiger partial charge in [0.15, 0.2) is 23.7 Å². The molecule has 1 amide bonds. The molecule has 0 bridgehead atoms. The van der Waals surface area contributed by atoms with Crippen LogP contribution in [0.2, 0.25) is 0 Å². The standard InChI is InChI=1S/C34H47NO11/c1-19-15-34(40-8,46-21(3)20(19)2)28(29(38)24-12-10-9-11-13-24)31(39)35-32-30-26(42-18-43-32)16-33(6,7)27(45-30)14-25(44-23(5)37)17-41-22(4)36/h9-13,20-21,25-28,30,32H,1,14-18H2,2-8H3,(H,35,39)/t20-,21-,25+,26-,27-,28+,30+,32+,34-/m1/s1. The molecule has 0 saturated carbocycles. The molecule has 3 heterocycles. The van der Waals surface area contributed by atoms with E-state index < -0.39 is 71.4 Å². The third-order valence-corrected chi connectivity index (χ3v) is 9.26. The van der Waals surface area contributed by atoms with E-state index in [-0.39, 0.29) is 38.3 Å². The van der Waals surface area contributed by atoms with Crippen LogP contribution in [0.5, 0.6) is 0 Å². The quantitative estimate of drug-likeness (QED) is 0.163. The Balaban J connectivity index is 1.61. The zero-order chi connectivity index (χ0) is 33.8. The number of amides is 1. The van der Waals surface area contributed by atoms with Crippen molar-refractivity contribution < 1.29 is 52.3 Å². The van der Waals surface area contributed by atoms with Gasteiger partial charge in [0, 0.05) is 45.3 Å². The van der Waals surface area contributed by atoms with E-state index in [2.05, 4.69) is 11.9 Å². The normalized spacial score (nSPS) is 31.9. The van der Waals surface area contributed by atoms with E-state index in [9.17, 15) is 19.2 Å². The number of carbonyl (C=O) groups is 4. The molecule has 1 aromatic rings. The first-order valence-corrected chi connectivity index (χ1v) is 15.7. The van der Waals surface area contributed by atoms with Crippen molar-refractivity contribution in [1.82, 2.24) is 5.32 Å². The number of esters is 2. The molecule has 4 rings (SSSR count). The number of methoxy groups -OCH3 is 1. The van der Waals surface area contributed by atoms with Gasteiger partial charge in [-0.25, -0.2) is 0 Å². The first kappa shape index (κ1) is 35.7. The number of fused-ring (bicyclic) bond motifs is 1. The van der Waals surface area contributed by atoms with E-state index in [0.717, 1.165) is 5.57 Å². The van der Waals surface area contributed by atoms with Gasteiger partial charge in [-0.3, -0.25) is 19.2 Å². The zero-order valence-electron chi connectivity index (χ0n) is 27.7. The highest BCUT2D eigenvalue weighted by atomic mass is 16.7. The fourth-order valence-corrected chi connectivity index (χ4v) is 6.46. The molecule has 0 radical (unpaired) electrons. The molecule has 3 aliphatic rings. The second kappa shape index (κ2) is 14.7. The van der Waals surface area contributed by atoms with Gasteiger partial charge >= 0.3 is 11.9 Å². The monoisotopic (exact) mass is 645 g/mol. The van der Waals surface area contributed by atoms with E-state index in [0.29, 0.717) is 12.0 Å². The highest BCUT2D eigenvalue weighted by molar-refractivity contribution is 6.11. The van der Waals surface area contributed by atoms with Crippen LogP contribution >= 0.6 is 0 Å². The second-order valence-electron chi connectivity index (χ2n) is 13.1. The summed E-state index contributed by atoms with van der Waals surface area (Å²) in [5.41, 5.74) is 0.681. The molecule has 0 unspecified atom stereocenters. The maximum absolute atomic E-state index is 14.3. The minimum absolute atomic E-state index is 0.00835. The lowest BCUT2D eigenvalue weighted by Crippen LogP contribution is -2.65. The number of ketones is 1. The predicted molar refractivity (Wildman–Crippen MR) is 164 cm³/mol. The van der Waals surface area contributed by atoms with Gasteiger partial charge in [0.05, 0.1) is 18.3 Å². The molecular weight excluding hydrogens is 598 g/mol. The molecule has 3 aliphatic heterocycles. The Labute approximate surface area is 270 Å². The summed E-state index contributed by atoms with van der Waals surface area (Å²) >= 11 is 0. The molecule has 46 heavy (non-hydrogen) atoms. The Bertz CT molecular complexity index is 1280. The number of rotatable bonds is 11. The van der Waals surface area contributed by atoms with Crippen LogP contribution in [0.25, 0.3) is 0 Å². The molecular formula is C34H47NO11. The van der Waals surface area contributed by atoms with Crippen LogP contribution in [0.3, 0.4) is 0 Å². The van der Waals surface area contributed by atoms with Crippen molar-refractivity contribution in [2.24, 2.45) is 17.3 Å². The summed E-state index contributed by atoms with van der Waals surface area (Å²) in [6, 6.07) is 8.52. The molecule has 1 N–H and O–H groups in total. The van der Waals surface area contributed by atoms with Crippen LogP contribution in [0.1, 0.15) is 71.2 Å². The van der Waals surface area contributed by atoms with Gasteiger partial charge in [-0.05, 0) is 18.8 Å². The minimum atomic E-state index is -1.61. The van der Waals surface area contributed by atoms with E-state index >= 15 is 0 Å². The predicted octanol–water partition coefficient (Wildman–Crippen LogP) is 3.71. The maximum Gasteiger partial charge on any atom is 0.303 e. The molecule has 254 valence electrons. The van der Waals surface area contributed by atoms with E-state index in [4.69, 9.17) is 33.2 Å². The third-order valence-electron chi connectivity index (χ3n) is 9.26. The van der Waals surface area contributed by atoms with Crippen LogP contribution in [-0.2, 0) is 47.5 Å². The number of nitrogens with one attached hydrogen (secondary N) is 1. The van der Waals surface area contributed by atoms with Gasteiger partial charge in [0.2, 0.25) is 5.91 Å². The Morgan fingerprint density at radius 3 is 2.37 bits per heavy atom. The van der Waals surface area contributed by atoms with Crippen LogP contribution < -0.4 is 5.32 Å². The van der Waals surface area contributed by atoms with Crippen LogP contribution in [0, 0.1) is 17.3 Å². The van der Waals surface area contributed by atoms with Gasteiger partial charge in [-0.2, -0.15) is 0 Å². The lowest BCUT2D eigenvalue weighted by Gasteiger charge is -2.51. The Hall–Kier alpha value is -3.16. The minimum Gasteiger partial charge on any atom is -0.462 e. The number of hydrogen-bond donors (Lipinski definition) is 1. The summed E-state index contributed by atoms with van der Waals surface area (Å²) in [6.07, 6.45) is -2.94. The summed E-state index contributed by atoms with van der Waals surface area (Å²) in [7, 11) is 1.42. The molecule has 0 aromatic heterocycles. The lowest BCUT2D eigenvalue weighted by molar-refractivity contribution is -0.301. The molecule has 3 fully saturated rings. The Morgan fingerprint density at radius 1 is 1.07 bits per heavy atom. The van der Waals surface area contributed by atoms with Crippen molar-refractivity contribution in [3.8, 4) is 0 Å². The van der Waals surface area contributed by atoms with Crippen molar-refractivity contribution in [3.63, 3.8) is 0 Å². The summed E-state index contributed by atoms with van der Waals surface area (Å²) in [5.74, 6) is -5.19.